The molecule has 0 saturated carbocycles. The minimum absolute atomic E-state index is 0.196. The van der Waals surface area contributed by atoms with Gasteiger partial charge in [-0.05, 0) is 25.1 Å². The Hall–Kier alpha value is -2.01. The van der Waals surface area contributed by atoms with Crippen LogP contribution >= 0.6 is 11.6 Å². The van der Waals surface area contributed by atoms with E-state index in [0.717, 1.165) is 6.08 Å². The summed E-state index contributed by atoms with van der Waals surface area (Å²) in [7, 11) is 3.26. The maximum Gasteiger partial charge on any atom is 0.328 e. The van der Waals surface area contributed by atoms with E-state index in [9.17, 15) is 9.59 Å². The number of likely N-dealkylation sites (N-methyl/N-ethyl adjacent to an activating group) is 1. The molecule has 0 heterocycles. The lowest BCUT2D eigenvalue weighted by Crippen LogP contribution is -2.35. The molecule has 1 aromatic carbocycles. The summed E-state index contributed by atoms with van der Waals surface area (Å²) in [6, 6.07) is 4.92. The highest BCUT2D eigenvalue weighted by Crippen LogP contribution is 2.28. The molecule has 6 heteroatoms. The Labute approximate surface area is 122 Å². The number of hydrogen-bond acceptors (Lipinski definition) is 3. The molecule has 0 bridgehead atoms. The second kappa shape index (κ2) is 6.96. The lowest BCUT2D eigenvalue weighted by atomic mass is 10.2. The number of carbonyl (C=O) groups is 2. The van der Waals surface area contributed by atoms with E-state index >= 15 is 0 Å². The van der Waals surface area contributed by atoms with Gasteiger partial charge >= 0.3 is 5.97 Å². The number of rotatable bonds is 5. The van der Waals surface area contributed by atoms with Crippen LogP contribution in [0.2, 0.25) is 5.02 Å². The molecule has 0 aromatic heterocycles. The first-order valence-corrected chi connectivity index (χ1v) is 6.28. The highest BCUT2D eigenvalue weighted by molar-refractivity contribution is 6.32. The van der Waals surface area contributed by atoms with Gasteiger partial charge in [-0.1, -0.05) is 17.7 Å². The standard InChI is InChI=1S/C14H16ClNO4/c1-9(14(19)16(2)3)20-12-6-4-5-11(15)10(12)7-8-13(17)18/h4-9H,1-3H3,(H,17,18)/b8-7+. The molecule has 1 amide bonds. The van der Waals surface area contributed by atoms with Crippen molar-refractivity contribution in [2.75, 3.05) is 14.1 Å². The van der Waals surface area contributed by atoms with Crippen molar-refractivity contribution in [3.63, 3.8) is 0 Å². The van der Waals surface area contributed by atoms with E-state index in [2.05, 4.69) is 0 Å². The van der Waals surface area contributed by atoms with E-state index in [1.54, 1.807) is 39.2 Å². The van der Waals surface area contributed by atoms with E-state index in [-0.39, 0.29) is 5.91 Å². The van der Waals surface area contributed by atoms with Gasteiger partial charge in [-0.25, -0.2) is 4.79 Å². The predicted molar refractivity (Wildman–Crippen MR) is 76.9 cm³/mol. The fraction of sp³-hybridized carbons (Fsp3) is 0.286. The fourth-order valence-corrected chi connectivity index (χ4v) is 1.77. The fourth-order valence-electron chi connectivity index (χ4n) is 1.54. The molecule has 5 nitrogen and oxygen atoms in total. The number of nitrogens with zero attached hydrogens (tertiary/aromatic N) is 1. The summed E-state index contributed by atoms with van der Waals surface area (Å²) < 4.78 is 5.56. The number of carboxylic acids is 1. The zero-order valence-electron chi connectivity index (χ0n) is 11.5. The summed E-state index contributed by atoms with van der Waals surface area (Å²) in [6.07, 6.45) is 1.61. The van der Waals surface area contributed by atoms with Crippen LogP contribution in [0.25, 0.3) is 6.08 Å². The van der Waals surface area contributed by atoms with Gasteiger partial charge in [0.2, 0.25) is 0 Å². The third-order valence-corrected chi connectivity index (χ3v) is 2.83. The first kappa shape index (κ1) is 16.0. The lowest BCUT2D eigenvalue weighted by Gasteiger charge is -2.19. The van der Waals surface area contributed by atoms with Gasteiger partial charge < -0.3 is 14.7 Å². The van der Waals surface area contributed by atoms with Gasteiger partial charge in [0, 0.05) is 25.7 Å². The van der Waals surface area contributed by atoms with E-state index in [1.807, 2.05) is 0 Å². The molecule has 0 aliphatic rings. The minimum atomic E-state index is -1.09. The molecule has 0 saturated heterocycles. The Morgan fingerprint density at radius 2 is 2.05 bits per heavy atom. The van der Waals surface area contributed by atoms with Crippen LogP contribution < -0.4 is 4.74 Å². The van der Waals surface area contributed by atoms with Gasteiger partial charge in [0.1, 0.15) is 5.75 Å². The van der Waals surface area contributed by atoms with Gasteiger partial charge in [-0.2, -0.15) is 0 Å². The van der Waals surface area contributed by atoms with E-state index in [0.29, 0.717) is 16.3 Å². The first-order valence-electron chi connectivity index (χ1n) is 5.90. The Morgan fingerprint density at radius 1 is 1.40 bits per heavy atom. The largest absolute Gasteiger partial charge is 0.480 e. The van der Waals surface area contributed by atoms with Crippen molar-refractivity contribution >= 4 is 29.6 Å². The molecule has 20 heavy (non-hydrogen) atoms. The van der Waals surface area contributed by atoms with Crippen molar-refractivity contribution in [2.24, 2.45) is 0 Å². The molecule has 0 spiro atoms. The quantitative estimate of drug-likeness (QED) is 0.847. The zero-order chi connectivity index (χ0) is 15.3. The maximum atomic E-state index is 11.8. The second-order valence-corrected chi connectivity index (χ2v) is 4.72. The van der Waals surface area contributed by atoms with Crippen LogP contribution in [0.15, 0.2) is 24.3 Å². The maximum absolute atomic E-state index is 11.8. The average Bonchev–Trinajstić information content (AvgIpc) is 2.36. The smallest absolute Gasteiger partial charge is 0.328 e. The number of ether oxygens (including phenoxy) is 1. The second-order valence-electron chi connectivity index (χ2n) is 4.32. The molecule has 0 aliphatic heterocycles. The van der Waals surface area contributed by atoms with E-state index in [1.165, 1.54) is 11.0 Å². The number of halogens is 1. The lowest BCUT2D eigenvalue weighted by molar-refractivity contribution is -0.135. The number of carbonyl (C=O) groups excluding carboxylic acids is 1. The van der Waals surface area contributed by atoms with Crippen LogP contribution in [0.3, 0.4) is 0 Å². The number of carboxylic acid groups (broad SMARTS) is 1. The molecular formula is C14H16ClNO4. The summed E-state index contributed by atoms with van der Waals surface area (Å²) in [5, 5.41) is 9.02. The molecule has 0 radical (unpaired) electrons. The molecule has 1 aromatic rings. The van der Waals surface area contributed by atoms with E-state index < -0.39 is 12.1 Å². The van der Waals surface area contributed by atoms with Crippen molar-refractivity contribution in [3.8, 4) is 5.75 Å². The first-order chi connectivity index (χ1) is 9.32. The molecule has 1 unspecified atom stereocenters. The summed E-state index contributed by atoms with van der Waals surface area (Å²) in [6.45, 7) is 1.62. The van der Waals surface area contributed by atoms with Crippen molar-refractivity contribution in [2.45, 2.75) is 13.0 Å². The zero-order valence-corrected chi connectivity index (χ0v) is 12.2. The molecule has 0 aliphatic carbocycles. The SMILES string of the molecule is CC(Oc1cccc(Cl)c1/C=C/C(=O)O)C(=O)N(C)C. The van der Waals surface area contributed by atoms with Crippen LogP contribution in [-0.2, 0) is 9.59 Å². The highest BCUT2D eigenvalue weighted by Gasteiger charge is 2.18. The summed E-state index contributed by atoms with van der Waals surface area (Å²) in [5.41, 5.74) is 0.426. The van der Waals surface area contributed by atoms with Gasteiger partial charge in [0.05, 0.1) is 5.02 Å². The molecule has 1 rings (SSSR count). The Balaban J connectivity index is 3.03. The third kappa shape index (κ3) is 4.28. The van der Waals surface area contributed by atoms with Crippen LogP contribution in [0, 0.1) is 0 Å². The normalized spacial score (nSPS) is 12.2. The highest BCUT2D eigenvalue weighted by atomic mass is 35.5. The minimum Gasteiger partial charge on any atom is -0.480 e. The topological polar surface area (TPSA) is 66.8 Å². The van der Waals surface area contributed by atoms with Crippen molar-refractivity contribution < 1.29 is 19.4 Å². The molecule has 0 fully saturated rings. The van der Waals surface area contributed by atoms with Crippen LogP contribution in [0.4, 0.5) is 0 Å². The number of amides is 1. The molecule has 108 valence electrons. The Morgan fingerprint density at radius 3 is 2.60 bits per heavy atom. The Bertz CT molecular complexity index is 540. The van der Waals surface area contributed by atoms with E-state index in [4.69, 9.17) is 21.4 Å². The van der Waals surface area contributed by atoms with Gasteiger partial charge in [0.15, 0.2) is 6.10 Å². The van der Waals surface area contributed by atoms with Crippen molar-refractivity contribution in [1.29, 1.82) is 0 Å². The average molecular weight is 298 g/mol. The summed E-state index contributed by atoms with van der Waals surface area (Å²) in [4.78, 5) is 23.8. The molecular weight excluding hydrogens is 282 g/mol. The molecule has 1 atom stereocenters. The van der Waals surface area contributed by atoms with Crippen molar-refractivity contribution in [3.05, 3.63) is 34.9 Å². The van der Waals surface area contributed by atoms with Crippen LogP contribution in [0.5, 0.6) is 5.75 Å². The number of aliphatic carboxylic acids is 1. The number of hydrogen-bond donors (Lipinski definition) is 1. The molecule has 1 N–H and O–H groups in total. The third-order valence-electron chi connectivity index (χ3n) is 2.50. The van der Waals surface area contributed by atoms with Gasteiger partial charge in [0.25, 0.3) is 5.91 Å². The predicted octanol–water partition coefficient (Wildman–Crippen LogP) is 2.29. The number of benzene rings is 1. The summed E-state index contributed by atoms with van der Waals surface area (Å²) >= 11 is 6.02. The van der Waals surface area contributed by atoms with Crippen LogP contribution in [-0.4, -0.2) is 42.1 Å². The monoisotopic (exact) mass is 297 g/mol. The van der Waals surface area contributed by atoms with Gasteiger partial charge in [-0.3, -0.25) is 4.79 Å². The van der Waals surface area contributed by atoms with Crippen LogP contribution in [0.1, 0.15) is 12.5 Å². The van der Waals surface area contributed by atoms with Gasteiger partial charge in [-0.15, -0.1) is 0 Å². The Kier molecular flexibility index (Phi) is 5.58. The van der Waals surface area contributed by atoms with Crippen molar-refractivity contribution in [1.82, 2.24) is 4.90 Å². The summed E-state index contributed by atoms with van der Waals surface area (Å²) in [5.74, 6) is -0.927.